The molecule has 2 heterocycles. The van der Waals surface area contributed by atoms with Gasteiger partial charge in [-0.2, -0.15) is 4.98 Å². The van der Waals surface area contributed by atoms with Crippen molar-refractivity contribution in [3.05, 3.63) is 36.0 Å². The van der Waals surface area contributed by atoms with Gasteiger partial charge in [-0.05, 0) is 25.5 Å². The molecule has 2 aromatic rings. The number of hydrogen-bond acceptors (Lipinski definition) is 7. The van der Waals surface area contributed by atoms with Crippen molar-refractivity contribution in [2.75, 3.05) is 29.2 Å². The number of para-hydroxylation sites is 2. The molecular weight excluding hydrogens is 328 g/mol. The number of aryl methyl sites for hydroxylation is 1. The number of ether oxygens (including phenoxy) is 1. The van der Waals surface area contributed by atoms with E-state index < -0.39 is 9.84 Å². The lowest BCUT2D eigenvalue weighted by Gasteiger charge is -2.14. The summed E-state index contributed by atoms with van der Waals surface area (Å²) in [7, 11) is -1.33. The lowest BCUT2D eigenvalue weighted by molar-refractivity contribution is 0.417. The molecule has 0 saturated carbocycles. The van der Waals surface area contributed by atoms with Crippen molar-refractivity contribution in [3.63, 3.8) is 0 Å². The second-order valence-electron chi connectivity index (χ2n) is 5.79. The first-order chi connectivity index (χ1) is 11.4. The average Bonchev–Trinajstić information content (AvgIpc) is 2.86. The van der Waals surface area contributed by atoms with Crippen LogP contribution >= 0.6 is 0 Å². The molecule has 1 aliphatic rings. The molecule has 7 nitrogen and oxygen atoms in total. The molecule has 1 unspecified atom stereocenters. The number of rotatable bonds is 5. The standard InChI is InChI=1S/C16H20N4O3S/c1-11-9-15(19-13-5-3-4-6-14(13)23-2)20-16(17-11)18-12-7-8-24(21,22)10-12/h3-6,9,12H,7-8,10H2,1-2H3,(H2,17,18,19,20). The monoisotopic (exact) mass is 348 g/mol. The third kappa shape index (κ3) is 3.94. The van der Waals surface area contributed by atoms with E-state index in [-0.39, 0.29) is 17.5 Å². The maximum atomic E-state index is 11.6. The summed E-state index contributed by atoms with van der Waals surface area (Å²) in [5.41, 5.74) is 1.58. The SMILES string of the molecule is COc1ccccc1Nc1cc(C)nc(NC2CCS(=O)(=O)C2)n1. The van der Waals surface area contributed by atoms with Crippen molar-refractivity contribution in [2.45, 2.75) is 19.4 Å². The lowest BCUT2D eigenvalue weighted by atomic mass is 10.3. The summed E-state index contributed by atoms with van der Waals surface area (Å²) < 4.78 is 28.5. The van der Waals surface area contributed by atoms with Crippen LogP contribution in [0.15, 0.2) is 30.3 Å². The van der Waals surface area contributed by atoms with Gasteiger partial charge in [0, 0.05) is 17.8 Å². The first-order valence-corrected chi connectivity index (χ1v) is 9.50. The van der Waals surface area contributed by atoms with E-state index in [1.807, 2.05) is 37.3 Å². The minimum Gasteiger partial charge on any atom is -0.495 e. The van der Waals surface area contributed by atoms with Crippen LogP contribution in [0.25, 0.3) is 0 Å². The second kappa shape index (κ2) is 6.64. The molecule has 24 heavy (non-hydrogen) atoms. The highest BCUT2D eigenvalue weighted by atomic mass is 32.2. The molecular formula is C16H20N4O3S. The lowest BCUT2D eigenvalue weighted by Crippen LogP contribution is -2.22. The van der Waals surface area contributed by atoms with E-state index in [2.05, 4.69) is 20.6 Å². The third-order valence-electron chi connectivity index (χ3n) is 3.79. The highest BCUT2D eigenvalue weighted by Crippen LogP contribution is 2.27. The number of nitrogens with one attached hydrogen (secondary N) is 2. The zero-order valence-electron chi connectivity index (χ0n) is 13.6. The van der Waals surface area contributed by atoms with Crippen LogP contribution in [0.3, 0.4) is 0 Å². The van der Waals surface area contributed by atoms with E-state index in [4.69, 9.17) is 4.74 Å². The maximum Gasteiger partial charge on any atom is 0.225 e. The molecule has 0 bridgehead atoms. The molecule has 8 heteroatoms. The number of aromatic nitrogens is 2. The summed E-state index contributed by atoms with van der Waals surface area (Å²) >= 11 is 0. The number of hydrogen-bond donors (Lipinski definition) is 2. The van der Waals surface area contributed by atoms with Crippen LogP contribution in [0, 0.1) is 6.92 Å². The molecule has 0 amide bonds. The highest BCUT2D eigenvalue weighted by Gasteiger charge is 2.28. The van der Waals surface area contributed by atoms with E-state index in [9.17, 15) is 8.42 Å². The third-order valence-corrected chi connectivity index (χ3v) is 5.56. The van der Waals surface area contributed by atoms with Crippen molar-refractivity contribution in [1.29, 1.82) is 0 Å². The molecule has 1 saturated heterocycles. The summed E-state index contributed by atoms with van der Waals surface area (Å²) in [4.78, 5) is 8.77. The molecule has 0 spiro atoms. The number of benzene rings is 1. The van der Waals surface area contributed by atoms with Crippen molar-refractivity contribution >= 4 is 27.3 Å². The Labute approximate surface area is 141 Å². The van der Waals surface area contributed by atoms with Crippen molar-refractivity contribution in [3.8, 4) is 5.75 Å². The summed E-state index contributed by atoms with van der Waals surface area (Å²) in [5.74, 6) is 2.09. The molecule has 2 N–H and O–H groups in total. The summed E-state index contributed by atoms with van der Waals surface area (Å²) in [6.45, 7) is 1.87. The van der Waals surface area contributed by atoms with E-state index in [0.29, 0.717) is 23.9 Å². The molecule has 1 fully saturated rings. The Hall–Kier alpha value is -2.35. The quantitative estimate of drug-likeness (QED) is 0.855. The minimum absolute atomic E-state index is 0.125. The average molecular weight is 348 g/mol. The molecule has 1 aromatic carbocycles. The van der Waals surface area contributed by atoms with Gasteiger partial charge in [0.25, 0.3) is 0 Å². The predicted octanol–water partition coefficient (Wildman–Crippen LogP) is 2.14. The molecule has 0 radical (unpaired) electrons. The van der Waals surface area contributed by atoms with Crippen LogP contribution in [0.4, 0.5) is 17.5 Å². The van der Waals surface area contributed by atoms with Gasteiger partial charge >= 0.3 is 0 Å². The molecule has 1 aliphatic heterocycles. The Morgan fingerprint density at radius 2 is 2.04 bits per heavy atom. The predicted molar refractivity (Wildman–Crippen MR) is 93.7 cm³/mol. The first-order valence-electron chi connectivity index (χ1n) is 7.68. The molecule has 3 rings (SSSR count). The second-order valence-corrected chi connectivity index (χ2v) is 8.02. The first kappa shape index (κ1) is 16.5. The molecule has 128 valence electrons. The van der Waals surface area contributed by atoms with E-state index >= 15 is 0 Å². The fourth-order valence-electron chi connectivity index (χ4n) is 2.67. The van der Waals surface area contributed by atoms with Gasteiger partial charge in [-0.1, -0.05) is 12.1 Å². The van der Waals surface area contributed by atoms with Crippen LogP contribution in [0.5, 0.6) is 5.75 Å². The van der Waals surface area contributed by atoms with Crippen molar-refractivity contribution in [1.82, 2.24) is 9.97 Å². The Morgan fingerprint density at radius 3 is 2.75 bits per heavy atom. The van der Waals surface area contributed by atoms with Crippen molar-refractivity contribution < 1.29 is 13.2 Å². The molecule has 1 aromatic heterocycles. The zero-order valence-corrected chi connectivity index (χ0v) is 14.4. The fourth-order valence-corrected chi connectivity index (χ4v) is 4.35. The van der Waals surface area contributed by atoms with Crippen LogP contribution < -0.4 is 15.4 Å². The maximum absolute atomic E-state index is 11.6. The number of anilines is 3. The van der Waals surface area contributed by atoms with Gasteiger partial charge in [-0.15, -0.1) is 0 Å². The summed E-state index contributed by atoms with van der Waals surface area (Å²) in [6.07, 6.45) is 0.578. The Kier molecular flexibility index (Phi) is 4.57. The Bertz CT molecular complexity index is 839. The van der Waals surface area contributed by atoms with E-state index in [1.54, 1.807) is 7.11 Å². The van der Waals surface area contributed by atoms with Crippen LogP contribution in [0.1, 0.15) is 12.1 Å². The largest absolute Gasteiger partial charge is 0.495 e. The number of sulfone groups is 1. The van der Waals surface area contributed by atoms with Crippen LogP contribution in [-0.4, -0.2) is 43.0 Å². The minimum atomic E-state index is -2.94. The van der Waals surface area contributed by atoms with Gasteiger partial charge in [-0.3, -0.25) is 0 Å². The Morgan fingerprint density at radius 1 is 1.25 bits per heavy atom. The van der Waals surface area contributed by atoms with Gasteiger partial charge < -0.3 is 15.4 Å². The normalized spacial score (nSPS) is 19.0. The van der Waals surface area contributed by atoms with Crippen LogP contribution in [0.2, 0.25) is 0 Å². The summed E-state index contributed by atoms with van der Waals surface area (Å²) in [6, 6.07) is 9.23. The molecule has 1 atom stereocenters. The fraction of sp³-hybridized carbons (Fsp3) is 0.375. The number of nitrogens with zero attached hydrogens (tertiary/aromatic N) is 2. The van der Waals surface area contributed by atoms with Gasteiger partial charge in [-0.25, -0.2) is 13.4 Å². The smallest absolute Gasteiger partial charge is 0.225 e. The van der Waals surface area contributed by atoms with Gasteiger partial charge in [0.15, 0.2) is 9.84 Å². The topological polar surface area (TPSA) is 93.2 Å². The zero-order chi connectivity index (χ0) is 17.2. The van der Waals surface area contributed by atoms with Crippen LogP contribution in [-0.2, 0) is 9.84 Å². The van der Waals surface area contributed by atoms with E-state index in [1.165, 1.54) is 0 Å². The Balaban J connectivity index is 1.79. The van der Waals surface area contributed by atoms with Gasteiger partial charge in [0.2, 0.25) is 5.95 Å². The molecule has 0 aliphatic carbocycles. The summed E-state index contributed by atoms with van der Waals surface area (Å²) in [5, 5.41) is 6.33. The van der Waals surface area contributed by atoms with Crippen molar-refractivity contribution in [2.24, 2.45) is 0 Å². The highest BCUT2D eigenvalue weighted by molar-refractivity contribution is 7.91. The number of methoxy groups -OCH3 is 1. The van der Waals surface area contributed by atoms with Gasteiger partial charge in [0.05, 0.1) is 24.3 Å². The van der Waals surface area contributed by atoms with Gasteiger partial charge in [0.1, 0.15) is 11.6 Å². The van der Waals surface area contributed by atoms with E-state index in [0.717, 1.165) is 11.4 Å².